The van der Waals surface area contributed by atoms with Gasteiger partial charge in [-0.1, -0.05) is 16.5 Å². The normalized spacial score (nSPS) is 10.4. The van der Waals surface area contributed by atoms with E-state index < -0.39 is 0 Å². The van der Waals surface area contributed by atoms with Crippen LogP contribution in [-0.2, 0) is 6.42 Å². The molecule has 0 saturated carbocycles. The van der Waals surface area contributed by atoms with Crippen molar-refractivity contribution < 1.29 is 4.52 Å². The minimum absolute atomic E-state index is 0.612. The van der Waals surface area contributed by atoms with Gasteiger partial charge in [0, 0.05) is 13.0 Å². The molecule has 2 rings (SSSR count). The molecule has 74 valence electrons. The van der Waals surface area contributed by atoms with Crippen molar-refractivity contribution in [1.82, 2.24) is 20.3 Å². The van der Waals surface area contributed by atoms with E-state index in [1.54, 1.807) is 0 Å². The van der Waals surface area contributed by atoms with Gasteiger partial charge in [0.05, 0.1) is 0 Å². The van der Waals surface area contributed by atoms with Crippen molar-refractivity contribution in [3.8, 4) is 0 Å². The Hall–Kier alpha value is -1.02. The number of hydrogen-bond donors (Lipinski definition) is 1. The standard InChI is InChI=1S/C6H6BrN5OS/c7-5-11-12-6(14-5)8-2-1-4-9-3-10-13-4/h3H,1-2H2,(H,8,12). The molecule has 0 fully saturated rings. The first-order valence-electron chi connectivity index (χ1n) is 3.83. The summed E-state index contributed by atoms with van der Waals surface area (Å²) in [5.41, 5.74) is 0. The summed E-state index contributed by atoms with van der Waals surface area (Å²) < 4.78 is 5.60. The molecule has 0 amide bonds. The third kappa shape index (κ3) is 2.48. The van der Waals surface area contributed by atoms with Crippen molar-refractivity contribution in [3.05, 3.63) is 16.1 Å². The fourth-order valence-electron chi connectivity index (χ4n) is 0.859. The SMILES string of the molecule is Brc1nnc(NCCc2ncno2)s1. The smallest absolute Gasteiger partial charge is 0.228 e. The molecular weight excluding hydrogens is 270 g/mol. The van der Waals surface area contributed by atoms with Crippen LogP contribution in [0.25, 0.3) is 0 Å². The zero-order valence-corrected chi connectivity index (χ0v) is 9.38. The molecule has 0 radical (unpaired) electrons. The molecule has 2 heterocycles. The summed E-state index contributed by atoms with van der Waals surface area (Å²) in [4.78, 5) is 3.89. The van der Waals surface area contributed by atoms with E-state index in [2.05, 4.69) is 41.6 Å². The Labute approximate surface area is 91.9 Å². The highest BCUT2D eigenvalue weighted by Crippen LogP contribution is 2.19. The number of nitrogens with one attached hydrogen (secondary N) is 1. The Balaban J connectivity index is 1.78. The molecule has 0 unspecified atom stereocenters. The number of rotatable bonds is 4. The molecule has 0 atom stereocenters. The van der Waals surface area contributed by atoms with Crippen LogP contribution in [0, 0.1) is 0 Å². The maximum atomic E-state index is 4.83. The van der Waals surface area contributed by atoms with Crippen LogP contribution in [0.3, 0.4) is 0 Å². The Bertz CT molecular complexity index is 389. The van der Waals surface area contributed by atoms with E-state index in [1.807, 2.05) is 0 Å². The summed E-state index contributed by atoms with van der Waals surface area (Å²) in [6, 6.07) is 0. The lowest BCUT2D eigenvalue weighted by Gasteiger charge is -1.96. The van der Waals surface area contributed by atoms with Crippen molar-refractivity contribution in [2.75, 3.05) is 11.9 Å². The van der Waals surface area contributed by atoms with Gasteiger partial charge in [0.2, 0.25) is 11.0 Å². The van der Waals surface area contributed by atoms with Crippen molar-refractivity contribution >= 4 is 32.4 Å². The van der Waals surface area contributed by atoms with Gasteiger partial charge in [0.25, 0.3) is 0 Å². The molecule has 8 heteroatoms. The molecule has 0 spiro atoms. The number of nitrogens with zero attached hydrogens (tertiary/aromatic N) is 4. The zero-order chi connectivity index (χ0) is 9.80. The van der Waals surface area contributed by atoms with Gasteiger partial charge in [-0.15, -0.1) is 10.2 Å². The van der Waals surface area contributed by atoms with Crippen LogP contribution >= 0.6 is 27.3 Å². The highest BCUT2D eigenvalue weighted by molar-refractivity contribution is 9.11. The fraction of sp³-hybridized carbons (Fsp3) is 0.333. The zero-order valence-electron chi connectivity index (χ0n) is 6.97. The minimum atomic E-state index is 0.612. The molecule has 14 heavy (non-hydrogen) atoms. The van der Waals surface area contributed by atoms with Gasteiger partial charge in [-0.05, 0) is 15.9 Å². The lowest BCUT2D eigenvalue weighted by molar-refractivity contribution is 0.380. The maximum absolute atomic E-state index is 4.83. The van der Waals surface area contributed by atoms with Gasteiger partial charge in [0.1, 0.15) is 0 Å². The van der Waals surface area contributed by atoms with Crippen molar-refractivity contribution in [3.63, 3.8) is 0 Å². The lowest BCUT2D eigenvalue weighted by atomic mass is 10.4. The highest BCUT2D eigenvalue weighted by Gasteiger charge is 2.02. The number of halogens is 1. The third-order valence-electron chi connectivity index (χ3n) is 1.42. The monoisotopic (exact) mass is 275 g/mol. The van der Waals surface area contributed by atoms with Gasteiger partial charge in [-0.25, -0.2) is 0 Å². The summed E-state index contributed by atoms with van der Waals surface area (Å²) in [5.74, 6) is 0.612. The van der Waals surface area contributed by atoms with E-state index in [0.717, 1.165) is 9.05 Å². The van der Waals surface area contributed by atoms with Crippen LogP contribution in [0.5, 0.6) is 0 Å². The van der Waals surface area contributed by atoms with Crippen LogP contribution in [0.2, 0.25) is 0 Å². The number of anilines is 1. The summed E-state index contributed by atoms with van der Waals surface area (Å²) in [7, 11) is 0. The lowest BCUT2D eigenvalue weighted by Crippen LogP contribution is -2.04. The molecule has 0 bridgehead atoms. The van der Waals surface area contributed by atoms with Crippen LogP contribution < -0.4 is 5.32 Å². The average molecular weight is 276 g/mol. The summed E-state index contributed by atoms with van der Waals surface area (Å²) in [5, 5.41) is 15.1. The molecule has 2 aromatic rings. The Kier molecular flexibility index (Phi) is 3.04. The second kappa shape index (κ2) is 4.47. The second-order valence-corrected chi connectivity index (χ2v) is 4.63. The second-order valence-electron chi connectivity index (χ2n) is 2.37. The van der Waals surface area contributed by atoms with E-state index in [0.29, 0.717) is 18.9 Å². The van der Waals surface area contributed by atoms with Gasteiger partial charge in [0.15, 0.2) is 10.2 Å². The summed E-state index contributed by atoms with van der Waals surface area (Å²) in [6.07, 6.45) is 2.06. The first kappa shape index (κ1) is 9.53. The van der Waals surface area contributed by atoms with E-state index >= 15 is 0 Å². The van der Waals surface area contributed by atoms with Crippen LogP contribution in [0.1, 0.15) is 5.89 Å². The van der Waals surface area contributed by atoms with Crippen LogP contribution in [0.4, 0.5) is 5.13 Å². The highest BCUT2D eigenvalue weighted by atomic mass is 79.9. The Morgan fingerprint density at radius 3 is 3.07 bits per heavy atom. The molecule has 2 aromatic heterocycles. The molecule has 0 aliphatic rings. The fourth-order valence-corrected chi connectivity index (χ4v) is 1.90. The van der Waals surface area contributed by atoms with Crippen molar-refractivity contribution in [2.45, 2.75) is 6.42 Å². The van der Waals surface area contributed by atoms with Gasteiger partial charge < -0.3 is 9.84 Å². The van der Waals surface area contributed by atoms with Crippen LogP contribution in [0.15, 0.2) is 14.8 Å². The van der Waals surface area contributed by atoms with E-state index in [-0.39, 0.29) is 0 Å². The summed E-state index contributed by atoms with van der Waals surface area (Å²) in [6.45, 7) is 0.698. The molecule has 6 nitrogen and oxygen atoms in total. The summed E-state index contributed by atoms with van der Waals surface area (Å²) >= 11 is 4.67. The topological polar surface area (TPSA) is 76.7 Å². The Morgan fingerprint density at radius 1 is 1.50 bits per heavy atom. The van der Waals surface area contributed by atoms with E-state index in [9.17, 15) is 0 Å². The molecule has 0 aliphatic carbocycles. The molecule has 0 saturated heterocycles. The predicted molar refractivity (Wildman–Crippen MR) is 54.1 cm³/mol. The predicted octanol–water partition coefficient (Wildman–Crippen LogP) is 1.34. The molecule has 0 aromatic carbocycles. The van der Waals surface area contributed by atoms with Crippen molar-refractivity contribution in [1.29, 1.82) is 0 Å². The Morgan fingerprint density at radius 2 is 2.43 bits per heavy atom. The van der Waals surface area contributed by atoms with Crippen molar-refractivity contribution in [2.24, 2.45) is 0 Å². The first-order valence-corrected chi connectivity index (χ1v) is 5.44. The number of aromatic nitrogens is 4. The van der Waals surface area contributed by atoms with Gasteiger partial charge >= 0.3 is 0 Å². The largest absolute Gasteiger partial charge is 0.360 e. The minimum Gasteiger partial charge on any atom is -0.360 e. The van der Waals surface area contributed by atoms with E-state index in [1.165, 1.54) is 17.7 Å². The molecular formula is C6H6BrN5OS. The third-order valence-corrected chi connectivity index (χ3v) is 2.74. The first-order chi connectivity index (χ1) is 6.84. The molecule has 0 aliphatic heterocycles. The quantitative estimate of drug-likeness (QED) is 0.908. The number of hydrogen-bond acceptors (Lipinski definition) is 7. The van der Waals surface area contributed by atoms with Gasteiger partial charge in [-0.3, -0.25) is 0 Å². The average Bonchev–Trinajstić information content (AvgIpc) is 2.77. The van der Waals surface area contributed by atoms with E-state index in [4.69, 9.17) is 4.52 Å². The van der Waals surface area contributed by atoms with Gasteiger partial charge in [-0.2, -0.15) is 4.98 Å². The maximum Gasteiger partial charge on any atom is 0.228 e. The van der Waals surface area contributed by atoms with Crippen LogP contribution in [-0.4, -0.2) is 26.9 Å². The molecule has 1 N–H and O–H groups in total.